The minimum Gasteiger partial charge on any atom is -0.381 e. The number of nitro groups is 1. The second-order valence-corrected chi connectivity index (χ2v) is 5.64. The fraction of sp³-hybridized carbons (Fsp3) is 0.538. The van der Waals surface area contributed by atoms with E-state index in [-0.39, 0.29) is 10.6 Å². The quantitative estimate of drug-likeness (QED) is 0.666. The summed E-state index contributed by atoms with van der Waals surface area (Å²) in [5, 5.41) is 14.1. The van der Waals surface area contributed by atoms with Crippen LogP contribution < -0.4 is 5.32 Å². The molecule has 2 unspecified atom stereocenters. The van der Waals surface area contributed by atoms with E-state index >= 15 is 0 Å². The number of methoxy groups -OCH3 is 1. The molecule has 1 fully saturated rings. The van der Waals surface area contributed by atoms with Gasteiger partial charge in [0.25, 0.3) is 5.69 Å². The van der Waals surface area contributed by atoms with Crippen LogP contribution in [0.3, 0.4) is 0 Å². The molecule has 0 bridgehead atoms. The fourth-order valence-corrected chi connectivity index (χ4v) is 2.89. The van der Waals surface area contributed by atoms with Crippen molar-refractivity contribution in [1.82, 2.24) is 5.32 Å². The first-order valence-corrected chi connectivity index (χ1v) is 7.08. The van der Waals surface area contributed by atoms with Gasteiger partial charge in [0.2, 0.25) is 0 Å². The highest BCUT2D eigenvalue weighted by molar-refractivity contribution is 9.10. The van der Waals surface area contributed by atoms with E-state index in [1.54, 1.807) is 19.2 Å². The molecule has 2 atom stereocenters. The van der Waals surface area contributed by atoms with E-state index in [2.05, 4.69) is 21.2 Å². The number of benzene rings is 1. The van der Waals surface area contributed by atoms with Gasteiger partial charge in [0.1, 0.15) is 0 Å². The van der Waals surface area contributed by atoms with Crippen LogP contribution in [0.1, 0.15) is 24.8 Å². The fourth-order valence-electron chi connectivity index (χ4n) is 2.39. The summed E-state index contributed by atoms with van der Waals surface area (Å²) in [5.41, 5.74) is 1.14. The topological polar surface area (TPSA) is 64.4 Å². The lowest BCUT2D eigenvalue weighted by Crippen LogP contribution is -2.26. The zero-order valence-corrected chi connectivity index (χ0v) is 12.4. The Hall–Kier alpha value is -0.980. The number of hydrogen-bond donors (Lipinski definition) is 1. The third-order valence-electron chi connectivity index (χ3n) is 3.55. The molecule has 0 heterocycles. The molecule has 0 aromatic heterocycles. The highest BCUT2D eigenvalue weighted by Gasteiger charge is 2.23. The molecule has 1 aromatic rings. The zero-order valence-electron chi connectivity index (χ0n) is 10.8. The van der Waals surface area contributed by atoms with Gasteiger partial charge in [-0.3, -0.25) is 10.1 Å². The van der Waals surface area contributed by atoms with Crippen molar-refractivity contribution in [2.24, 2.45) is 0 Å². The van der Waals surface area contributed by atoms with Crippen LogP contribution in [0.25, 0.3) is 0 Å². The van der Waals surface area contributed by atoms with Crippen molar-refractivity contribution in [1.29, 1.82) is 0 Å². The van der Waals surface area contributed by atoms with Gasteiger partial charge < -0.3 is 10.1 Å². The van der Waals surface area contributed by atoms with Crippen molar-refractivity contribution in [3.63, 3.8) is 0 Å². The molecule has 0 aliphatic heterocycles. The number of nitro benzene ring substituents is 1. The van der Waals surface area contributed by atoms with Crippen molar-refractivity contribution < 1.29 is 9.66 Å². The van der Waals surface area contributed by atoms with Gasteiger partial charge in [-0.1, -0.05) is 15.9 Å². The molecule has 104 valence electrons. The predicted molar refractivity (Wildman–Crippen MR) is 76.1 cm³/mol. The van der Waals surface area contributed by atoms with Crippen LogP contribution in [-0.4, -0.2) is 24.2 Å². The molecule has 1 saturated carbocycles. The molecular formula is C13H17BrN2O3. The minimum atomic E-state index is -0.387. The summed E-state index contributed by atoms with van der Waals surface area (Å²) < 4.78 is 6.11. The van der Waals surface area contributed by atoms with Crippen LogP contribution in [0, 0.1) is 10.1 Å². The van der Waals surface area contributed by atoms with Gasteiger partial charge in [-0.15, -0.1) is 0 Å². The Morgan fingerprint density at radius 1 is 1.53 bits per heavy atom. The van der Waals surface area contributed by atoms with Gasteiger partial charge in [0.05, 0.1) is 11.0 Å². The van der Waals surface area contributed by atoms with Gasteiger partial charge in [-0.25, -0.2) is 0 Å². The largest absolute Gasteiger partial charge is 0.381 e. The second kappa shape index (κ2) is 6.45. The summed E-state index contributed by atoms with van der Waals surface area (Å²) in [6, 6.07) is 5.34. The standard InChI is InChI=1S/C13H17BrN2O3/c1-19-12-5-3-10(6-12)15-8-9-2-4-11(16(17)18)7-13(9)14/h2,4,7,10,12,15H,3,5-6,8H2,1H3. The molecule has 1 aromatic carbocycles. The highest BCUT2D eigenvalue weighted by atomic mass is 79.9. The smallest absolute Gasteiger partial charge is 0.270 e. The van der Waals surface area contributed by atoms with Gasteiger partial charge in [-0.05, 0) is 30.9 Å². The van der Waals surface area contributed by atoms with Crippen molar-refractivity contribution in [2.75, 3.05) is 7.11 Å². The molecular weight excluding hydrogens is 312 g/mol. The maximum atomic E-state index is 10.7. The number of hydrogen-bond acceptors (Lipinski definition) is 4. The monoisotopic (exact) mass is 328 g/mol. The SMILES string of the molecule is COC1CCC(NCc2ccc([N+](=O)[O-])cc2Br)C1. The van der Waals surface area contributed by atoms with Crippen LogP contribution in [0.5, 0.6) is 0 Å². The van der Waals surface area contributed by atoms with E-state index < -0.39 is 0 Å². The maximum Gasteiger partial charge on any atom is 0.270 e. The van der Waals surface area contributed by atoms with E-state index in [4.69, 9.17) is 4.74 Å². The van der Waals surface area contributed by atoms with Gasteiger partial charge >= 0.3 is 0 Å². The number of halogens is 1. The second-order valence-electron chi connectivity index (χ2n) is 4.78. The molecule has 6 heteroatoms. The lowest BCUT2D eigenvalue weighted by Gasteiger charge is -2.13. The molecule has 0 radical (unpaired) electrons. The molecule has 2 rings (SSSR count). The Labute approximate surface area is 120 Å². The summed E-state index contributed by atoms with van der Waals surface area (Å²) in [6.45, 7) is 0.708. The first-order chi connectivity index (χ1) is 9.10. The van der Waals surface area contributed by atoms with Crippen LogP contribution in [0.4, 0.5) is 5.69 Å². The van der Waals surface area contributed by atoms with Gasteiger partial charge in [-0.2, -0.15) is 0 Å². The maximum absolute atomic E-state index is 10.7. The van der Waals surface area contributed by atoms with Crippen molar-refractivity contribution in [2.45, 2.75) is 38.0 Å². The molecule has 19 heavy (non-hydrogen) atoms. The molecule has 1 aliphatic carbocycles. The van der Waals surface area contributed by atoms with Crippen LogP contribution in [0.15, 0.2) is 22.7 Å². The van der Waals surface area contributed by atoms with Crippen LogP contribution in [0.2, 0.25) is 0 Å². The molecule has 1 N–H and O–H groups in total. The van der Waals surface area contributed by atoms with E-state index in [9.17, 15) is 10.1 Å². The van der Waals surface area contributed by atoms with E-state index in [1.165, 1.54) is 6.07 Å². The van der Waals surface area contributed by atoms with Crippen molar-refractivity contribution >= 4 is 21.6 Å². The normalized spacial score (nSPS) is 22.6. The Balaban J connectivity index is 1.91. The minimum absolute atomic E-state index is 0.107. The van der Waals surface area contributed by atoms with Gasteiger partial charge in [0, 0.05) is 36.3 Å². The number of rotatable bonds is 5. The lowest BCUT2D eigenvalue weighted by molar-refractivity contribution is -0.384. The first-order valence-electron chi connectivity index (χ1n) is 6.29. The number of ether oxygens (including phenoxy) is 1. The molecule has 0 spiro atoms. The van der Waals surface area contributed by atoms with E-state index in [0.717, 1.165) is 29.3 Å². The van der Waals surface area contributed by atoms with Crippen LogP contribution in [-0.2, 0) is 11.3 Å². The summed E-state index contributed by atoms with van der Waals surface area (Å²) in [7, 11) is 1.75. The Bertz CT molecular complexity index is 467. The summed E-state index contributed by atoms with van der Waals surface area (Å²) in [6.07, 6.45) is 3.59. The van der Waals surface area contributed by atoms with Crippen molar-refractivity contribution in [3.8, 4) is 0 Å². The molecule has 0 amide bonds. The van der Waals surface area contributed by atoms with E-state index in [1.807, 2.05) is 0 Å². The average molecular weight is 329 g/mol. The third-order valence-corrected chi connectivity index (χ3v) is 4.28. The number of non-ortho nitro benzene ring substituents is 1. The Morgan fingerprint density at radius 3 is 2.89 bits per heavy atom. The third kappa shape index (κ3) is 3.75. The lowest BCUT2D eigenvalue weighted by atomic mass is 10.2. The molecule has 0 saturated heterocycles. The summed E-state index contributed by atoms with van der Waals surface area (Å²) >= 11 is 3.38. The molecule has 5 nitrogen and oxygen atoms in total. The van der Waals surface area contributed by atoms with Crippen molar-refractivity contribution in [3.05, 3.63) is 38.3 Å². The zero-order chi connectivity index (χ0) is 13.8. The summed E-state index contributed by atoms with van der Waals surface area (Å²) in [5.74, 6) is 0. The highest BCUT2D eigenvalue weighted by Crippen LogP contribution is 2.25. The average Bonchev–Trinajstić information content (AvgIpc) is 2.85. The van der Waals surface area contributed by atoms with Crippen LogP contribution >= 0.6 is 15.9 Å². The Morgan fingerprint density at radius 2 is 2.32 bits per heavy atom. The molecule has 1 aliphatic rings. The predicted octanol–water partition coefficient (Wildman–Crippen LogP) is 3.01. The number of nitrogens with zero attached hydrogens (tertiary/aromatic N) is 1. The van der Waals surface area contributed by atoms with Gasteiger partial charge in [0.15, 0.2) is 0 Å². The summed E-state index contributed by atoms with van der Waals surface area (Å²) in [4.78, 5) is 10.3. The Kier molecular flexibility index (Phi) is 4.90. The van der Waals surface area contributed by atoms with E-state index in [0.29, 0.717) is 18.7 Å². The number of nitrogens with one attached hydrogen (secondary N) is 1. The first kappa shape index (κ1) is 14.4.